The Bertz CT molecular complexity index is 715. The summed E-state index contributed by atoms with van der Waals surface area (Å²) < 4.78 is 11.1. The number of methoxy groups -OCH3 is 1. The zero-order chi connectivity index (χ0) is 17.7. The molecular weight excluding hydrogens is 304 g/mol. The molecule has 2 aromatic rings. The van der Waals surface area contributed by atoms with E-state index in [-0.39, 0.29) is 5.91 Å². The predicted molar refractivity (Wildman–Crippen MR) is 96.4 cm³/mol. The number of benzene rings is 1. The predicted octanol–water partition coefficient (Wildman–Crippen LogP) is 4.02. The van der Waals surface area contributed by atoms with Crippen LogP contribution < -0.4 is 10.1 Å². The van der Waals surface area contributed by atoms with Gasteiger partial charge in [0.1, 0.15) is 16.9 Å². The number of hydrogen-bond donors (Lipinski definition) is 1. The van der Waals surface area contributed by atoms with E-state index < -0.39 is 5.60 Å². The molecule has 1 amide bonds. The molecule has 0 saturated heterocycles. The first-order valence-electron chi connectivity index (χ1n) is 8.28. The molecule has 5 nitrogen and oxygen atoms in total. The first-order chi connectivity index (χ1) is 11.4. The number of amides is 1. The fourth-order valence-electron chi connectivity index (χ4n) is 2.99. The Morgan fingerprint density at radius 1 is 1.33 bits per heavy atom. The van der Waals surface area contributed by atoms with Gasteiger partial charge in [0.15, 0.2) is 0 Å². The van der Waals surface area contributed by atoms with Gasteiger partial charge in [-0.2, -0.15) is 0 Å². The van der Waals surface area contributed by atoms with Gasteiger partial charge in [0.25, 0.3) is 5.91 Å². The van der Waals surface area contributed by atoms with Crippen LogP contribution in [0.5, 0.6) is 5.75 Å². The summed E-state index contributed by atoms with van der Waals surface area (Å²) in [5.41, 5.74) is 0.565. The van der Waals surface area contributed by atoms with Crippen LogP contribution in [0.2, 0.25) is 0 Å². The molecule has 0 aliphatic rings. The maximum absolute atomic E-state index is 12.9. The van der Waals surface area contributed by atoms with Crippen molar-refractivity contribution in [3.8, 4) is 5.75 Å². The van der Waals surface area contributed by atoms with Crippen LogP contribution in [0.3, 0.4) is 0 Å². The molecule has 1 heterocycles. The first-order valence-corrected chi connectivity index (χ1v) is 8.28. The van der Waals surface area contributed by atoms with Crippen molar-refractivity contribution in [2.75, 3.05) is 19.0 Å². The van der Waals surface area contributed by atoms with Crippen LogP contribution in [0.15, 0.2) is 30.5 Å². The average molecular weight is 330 g/mol. The molecular formula is C19H26N2O3. The van der Waals surface area contributed by atoms with Crippen molar-refractivity contribution in [3.63, 3.8) is 0 Å². The van der Waals surface area contributed by atoms with Crippen molar-refractivity contribution in [2.45, 2.75) is 39.7 Å². The lowest BCUT2D eigenvalue weighted by Crippen LogP contribution is -2.44. The van der Waals surface area contributed by atoms with Gasteiger partial charge in [0.05, 0.1) is 12.8 Å². The topological polar surface area (TPSA) is 60.5 Å². The van der Waals surface area contributed by atoms with Crippen molar-refractivity contribution in [1.82, 2.24) is 4.98 Å². The number of ether oxygens (including phenoxy) is 2. The Kier molecular flexibility index (Phi) is 5.78. The van der Waals surface area contributed by atoms with E-state index in [1.165, 1.54) is 0 Å². The highest BCUT2D eigenvalue weighted by molar-refractivity contribution is 6.05. The minimum Gasteiger partial charge on any atom is -0.494 e. The van der Waals surface area contributed by atoms with Gasteiger partial charge in [-0.05, 0) is 50.5 Å². The zero-order valence-electron chi connectivity index (χ0n) is 15.1. The van der Waals surface area contributed by atoms with Crippen LogP contribution in [0.1, 0.15) is 34.1 Å². The van der Waals surface area contributed by atoms with Crippen LogP contribution in [0.25, 0.3) is 10.9 Å². The van der Waals surface area contributed by atoms with E-state index >= 15 is 0 Å². The van der Waals surface area contributed by atoms with Gasteiger partial charge in [-0.25, -0.2) is 0 Å². The number of anilines is 1. The Morgan fingerprint density at radius 2 is 2.08 bits per heavy atom. The quantitative estimate of drug-likeness (QED) is 0.833. The summed E-state index contributed by atoms with van der Waals surface area (Å²) in [5, 5.41) is 3.85. The second kappa shape index (κ2) is 7.62. The van der Waals surface area contributed by atoms with Crippen LogP contribution >= 0.6 is 0 Å². The van der Waals surface area contributed by atoms with E-state index in [1.807, 2.05) is 38.1 Å². The van der Waals surface area contributed by atoms with Crippen molar-refractivity contribution in [2.24, 2.45) is 5.92 Å². The fourth-order valence-corrected chi connectivity index (χ4v) is 2.99. The molecule has 0 radical (unpaired) electrons. The minimum absolute atomic E-state index is 0.145. The van der Waals surface area contributed by atoms with Gasteiger partial charge in [0.2, 0.25) is 0 Å². The lowest BCUT2D eigenvalue weighted by molar-refractivity contribution is -0.140. The average Bonchev–Trinajstić information content (AvgIpc) is 2.54. The summed E-state index contributed by atoms with van der Waals surface area (Å²) in [6, 6.07) is 7.40. The normalized spacial score (nSPS) is 13.8. The van der Waals surface area contributed by atoms with Gasteiger partial charge >= 0.3 is 0 Å². The highest BCUT2D eigenvalue weighted by Gasteiger charge is 2.35. The Morgan fingerprint density at radius 3 is 2.71 bits per heavy atom. The molecule has 0 aliphatic carbocycles. The van der Waals surface area contributed by atoms with E-state index in [9.17, 15) is 4.79 Å². The summed E-state index contributed by atoms with van der Waals surface area (Å²) >= 11 is 0. The lowest BCUT2D eigenvalue weighted by atomic mass is 9.93. The number of pyridine rings is 1. The van der Waals surface area contributed by atoms with Crippen molar-refractivity contribution < 1.29 is 14.3 Å². The van der Waals surface area contributed by atoms with Gasteiger partial charge in [-0.15, -0.1) is 0 Å². The van der Waals surface area contributed by atoms with Crippen LogP contribution in [-0.2, 0) is 9.53 Å². The number of carbonyl (C=O) groups excluding carboxylic acids is 1. The largest absolute Gasteiger partial charge is 0.494 e. The molecule has 1 atom stereocenters. The van der Waals surface area contributed by atoms with Gasteiger partial charge < -0.3 is 14.8 Å². The molecule has 5 heteroatoms. The Balaban J connectivity index is 2.36. The van der Waals surface area contributed by atoms with Crippen LogP contribution in [0.4, 0.5) is 5.69 Å². The number of aromatic nitrogens is 1. The molecule has 0 spiro atoms. The number of fused-ring (bicyclic) bond motifs is 1. The van der Waals surface area contributed by atoms with Gasteiger partial charge in [-0.1, -0.05) is 13.8 Å². The summed E-state index contributed by atoms with van der Waals surface area (Å²) in [7, 11) is 1.61. The highest BCUT2D eigenvalue weighted by atomic mass is 16.5. The molecule has 0 fully saturated rings. The van der Waals surface area contributed by atoms with E-state index in [1.54, 1.807) is 13.3 Å². The van der Waals surface area contributed by atoms with Gasteiger partial charge in [-0.3, -0.25) is 9.78 Å². The summed E-state index contributed by atoms with van der Waals surface area (Å²) in [5.74, 6) is 0.883. The number of nitrogens with zero attached hydrogens (tertiary/aromatic N) is 1. The molecule has 2 rings (SSSR count). The number of hydrogen-bond acceptors (Lipinski definition) is 4. The van der Waals surface area contributed by atoms with Gasteiger partial charge in [0, 0.05) is 18.2 Å². The van der Waals surface area contributed by atoms with E-state index in [2.05, 4.69) is 24.1 Å². The number of carbonyl (C=O) groups is 1. The molecule has 0 saturated carbocycles. The third kappa shape index (κ3) is 3.85. The van der Waals surface area contributed by atoms with Crippen LogP contribution in [-0.4, -0.2) is 30.2 Å². The zero-order valence-corrected chi connectivity index (χ0v) is 15.1. The lowest BCUT2D eigenvalue weighted by Gasteiger charge is -2.30. The SMILES string of the molecule is CCOC(C)(CC(C)C)C(=O)Nc1ccc(OC)c2ncccc12. The summed E-state index contributed by atoms with van der Waals surface area (Å²) in [4.78, 5) is 17.2. The third-order valence-electron chi connectivity index (χ3n) is 3.94. The standard InChI is InChI=1S/C19H26N2O3/c1-6-24-19(4,12-13(2)3)18(22)21-15-9-10-16(23-5)17-14(15)8-7-11-20-17/h7-11,13H,6,12H2,1-5H3,(H,21,22). The Labute approximate surface area is 143 Å². The maximum atomic E-state index is 12.9. The monoisotopic (exact) mass is 330 g/mol. The molecule has 130 valence electrons. The maximum Gasteiger partial charge on any atom is 0.256 e. The van der Waals surface area contributed by atoms with E-state index in [0.29, 0.717) is 30.4 Å². The molecule has 1 aromatic heterocycles. The second-order valence-electron chi connectivity index (χ2n) is 6.43. The smallest absolute Gasteiger partial charge is 0.256 e. The molecule has 1 N–H and O–H groups in total. The molecule has 1 unspecified atom stereocenters. The van der Waals surface area contributed by atoms with Crippen molar-refractivity contribution >= 4 is 22.5 Å². The van der Waals surface area contributed by atoms with Crippen LogP contribution in [0, 0.1) is 5.92 Å². The Hall–Kier alpha value is -2.14. The summed E-state index contributed by atoms with van der Waals surface area (Å²) in [6.07, 6.45) is 2.36. The fraction of sp³-hybridized carbons (Fsp3) is 0.474. The molecule has 0 aliphatic heterocycles. The molecule has 0 bridgehead atoms. The van der Waals surface area contributed by atoms with E-state index in [4.69, 9.17) is 9.47 Å². The minimum atomic E-state index is -0.864. The third-order valence-corrected chi connectivity index (χ3v) is 3.94. The number of rotatable bonds is 7. The molecule has 1 aromatic carbocycles. The second-order valence-corrected chi connectivity index (χ2v) is 6.43. The molecule has 24 heavy (non-hydrogen) atoms. The van der Waals surface area contributed by atoms with E-state index in [0.717, 1.165) is 10.9 Å². The highest BCUT2D eigenvalue weighted by Crippen LogP contribution is 2.31. The number of nitrogens with one attached hydrogen (secondary N) is 1. The first kappa shape index (κ1) is 18.2. The van der Waals surface area contributed by atoms with Crippen molar-refractivity contribution in [3.05, 3.63) is 30.5 Å². The van der Waals surface area contributed by atoms with Crippen molar-refractivity contribution in [1.29, 1.82) is 0 Å². The summed E-state index contributed by atoms with van der Waals surface area (Å²) in [6.45, 7) is 8.39.